The van der Waals surface area contributed by atoms with E-state index in [4.69, 9.17) is 5.73 Å². The first-order chi connectivity index (χ1) is 10.6. The summed E-state index contributed by atoms with van der Waals surface area (Å²) >= 11 is 0. The number of hydrogen-bond acceptors (Lipinski definition) is 4. The van der Waals surface area contributed by atoms with E-state index in [1.807, 2.05) is 4.90 Å². The minimum Gasteiger partial charge on any atom is -0.339 e. The van der Waals surface area contributed by atoms with Gasteiger partial charge in [-0.2, -0.15) is 0 Å². The van der Waals surface area contributed by atoms with Gasteiger partial charge >= 0.3 is 0 Å². The largest absolute Gasteiger partial charge is 0.339 e. The lowest BCUT2D eigenvalue weighted by atomic mass is 9.93. The highest BCUT2D eigenvalue weighted by Gasteiger charge is 2.27. The fraction of sp³-hybridized carbons (Fsp3) is 0.375. The molecule has 4 nitrogen and oxygen atoms in total. The van der Waals surface area contributed by atoms with Crippen molar-refractivity contribution in [3.05, 3.63) is 53.9 Å². The molecular weight excluding hydrogens is 286 g/mol. The number of benzene rings is 1. The van der Waals surface area contributed by atoms with Gasteiger partial charge in [0, 0.05) is 37.4 Å². The second-order valence-corrected chi connectivity index (χ2v) is 5.63. The molecule has 6 heteroatoms. The summed E-state index contributed by atoms with van der Waals surface area (Å²) in [6, 6.07) is 6.03. The predicted molar refractivity (Wildman–Crippen MR) is 80.6 cm³/mol. The quantitative estimate of drug-likeness (QED) is 0.926. The molecule has 22 heavy (non-hydrogen) atoms. The molecule has 1 fully saturated rings. The molecule has 1 aromatic carbocycles. The second-order valence-electron chi connectivity index (χ2n) is 5.63. The van der Waals surface area contributed by atoms with Crippen molar-refractivity contribution < 1.29 is 8.78 Å². The van der Waals surface area contributed by atoms with Crippen LogP contribution in [-0.4, -0.2) is 29.1 Å². The first kappa shape index (κ1) is 14.8. The van der Waals surface area contributed by atoms with E-state index in [1.165, 1.54) is 0 Å². The maximum atomic E-state index is 14.1. The standard InChI is InChI=1S/C16H18F2N4/c17-14-4-1-3-13(15(14)18)11-5-6-12(19)10-22(9-11)16-20-7-2-8-21-16/h1-4,7-8,11-12H,5-6,9-10,19H2/t11-,12-/m1/s1. The summed E-state index contributed by atoms with van der Waals surface area (Å²) in [6.07, 6.45) is 4.79. The van der Waals surface area contributed by atoms with Gasteiger partial charge in [0.2, 0.25) is 5.95 Å². The Morgan fingerprint density at radius 1 is 1.05 bits per heavy atom. The molecule has 0 aliphatic carbocycles. The average molecular weight is 304 g/mol. The molecule has 3 rings (SSSR count). The summed E-state index contributed by atoms with van der Waals surface area (Å²) in [5, 5.41) is 0. The fourth-order valence-corrected chi connectivity index (χ4v) is 2.93. The molecule has 2 aromatic rings. The first-order valence-corrected chi connectivity index (χ1v) is 7.36. The van der Waals surface area contributed by atoms with E-state index in [2.05, 4.69) is 9.97 Å². The van der Waals surface area contributed by atoms with Crippen LogP contribution >= 0.6 is 0 Å². The van der Waals surface area contributed by atoms with Crippen LogP contribution in [0, 0.1) is 11.6 Å². The number of nitrogens with two attached hydrogens (primary N) is 1. The second kappa shape index (κ2) is 6.36. The average Bonchev–Trinajstić information content (AvgIpc) is 2.73. The number of hydrogen-bond donors (Lipinski definition) is 1. The molecule has 2 N–H and O–H groups in total. The van der Waals surface area contributed by atoms with Crippen molar-refractivity contribution >= 4 is 5.95 Å². The summed E-state index contributed by atoms with van der Waals surface area (Å²) in [4.78, 5) is 10.4. The van der Waals surface area contributed by atoms with E-state index in [0.717, 1.165) is 12.5 Å². The Bertz CT molecular complexity index is 635. The molecule has 0 spiro atoms. The molecule has 0 unspecified atom stereocenters. The maximum absolute atomic E-state index is 14.1. The summed E-state index contributed by atoms with van der Waals surface area (Å²) in [5.41, 5.74) is 6.50. The molecule has 0 radical (unpaired) electrons. The zero-order chi connectivity index (χ0) is 15.5. The van der Waals surface area contributed by atoms with Crippen LogP contribution < -0.4 is 10.6 Å². The van der Waals surface area contributed by atoms with Crippen LogP contribution in [0.5, 0.6) is 0 Å². The SMILES string of the molecule is N[C@@H]1CC[C@@H](c2cccc(F)c2F)CN(c2ncccn2)C1. The van der Waals surface area contributed by atoms with E-state index in [0.29, 0.717) is 31.0 Å². The number of rotatable bonds is 2. The van der Waals surface area contributed by atoms with Gasteiger partial charge in [0.1, 0.15) is 0 Å². The third-order valence-corrected chi connectivity index (χ3v) is 4.04. The monoisotopic (exact) mass is 304 g/mol. The number of halogens is 2. The zero-order valence-corrected chi connectivity index (χ0v) is 12.1. The molecule has 0 bridgehead atoms. The predicted octanol–water partition coefficient (Wildman–Crippen LogP) is 2.47. The Balaban J connectivity index is 1.90. The Labute approximate surface area is 128 Å². The highest BCUT2D eigenvalue weighted by molar-refractivity contribution is 5.33. The van der Waals surface area contributed by atoms with Crippen molar-refractivity contribution in [3.8, 4) is 0 Å². The third-order valence-electron chi connectivity index (χ3n) is 4.04. The molecule has 2 heterocycles. The van der Waals surface area contributed by atoms with Gasteiger partial charge in [-0.25, -0.2) is 18.7 Å². The normalized spacial score (nSPS) is 22.4. The van der Waals surface area contributed by atoms with Gasteiger partial charge in [0.25, 0.3) is 0 Å². The molecule has 1 saturated heterocycles. The molecule has 0 amide bonds. The van der Waals surface area contributed by atoms with Gasteiger partial charge in [-0.3, -0.25) is 0 Å². The summed E-state index contributed by atoms with van der Waals surface area (Å²) in [5.74, 6) is -1.14. The lowest BCUT2D eigenvalue weighted by molar-refractivity contribution is 0.480. The van der Waals surface area contributed by atoms with Crippen molar-refractivity contribution in [3.63, 3.8) is 0 Å². The maximum Gasteiger partial charge on any atom is 0.225 e. The van der Waals surface area contributed by atoms with Crippen molar-refractivity contribution in [2.75, 3.05) is 18.0 Å². The van der Waals surface area contributed by atoms with Crippen molar-refractivity contribution in [1.29, 1.82) is 0 Å². The molecule has 116 valence electrons. The Morgan fingerprint density at radius 2 is 1.82 bits per heavy atom. The van der Waals surface area contributed by atoms with E-state index >= 15 is 0 Å². The van der Waals surface area contributed by atoms with Crippen LogP contribution in [0.15, 0.2) is 36.7 Å². The van der Waals surface area contributed by atoms with Gasteiger partial charge in [-0.05, 0) is 30.5 Å². The fourth-order valence-electron chi connectivity index (χ4n) is 2.93. The van der Waals surface area contributed by atoms with Crippen LogP contribution in [0.4, 0.5) is 14.7 Å². The topological polar surface area (TPSA) is 55.0 Å². The lowest BCUT2D eigenvalue weighted by Crippen LogP contribution is -2.37. The molecule has 1 aliphatic heterocycles. The molecule has 0 saturated carbocycles. The van der Waals surface area contributed by atoms with Gasteiger partial charge < -0.3 is 10.6 Å². The Morgan fingerprint density at radius 3 is 2.59 bits per heavy atom. The number of aromatic nitrogens is 2. The highest BCUT2D eigenvalue weighted by Crippen LogP contribution is 2.30. The van der Waals surface area contributed by atoms with Gasteiger partial charge in [0.05, 0.1) is 0 Å². The van der Waals surface area contributed by atoms with Crippen LogP contribution in [-0.2, 0) is 0 Å². The minimum atomic E-state index is -0.812. The van der Waals surface area contributed by atoms with Gasteiger partial charge in [-0.15, -0.1) is 0 Å². The van der Waals surface area contributed by atoms with E-state index < -0.39 is 11.6 Å². The lowest BCUT2D eigenvalue weighted by Gasteiger charge is -2.25. The first-order valence-electron chi connectivity index (χ1n) is 7.36. The summed E-state index contributed by atoms with van der Waals surface area (Å²) < 4.78 is 27.6. The number of anilines is 1. The molecule has 1 aromatic heterocycles. The smallest absolute Gasteiger partial charge is 0.225 e. The van der Waals surface area contributed by atoms with E-state index in [-0.39, 0.29) is 12.0 Å². The molecular formula is C16H18F2N4. The molecule has 2 atom stereocenters. The highest BCUT2D eigenvalue weighted by atomic mass is 19.2. The third kappa shape index (κ3) is 3.06. The van der Waals surface area contributed by atoms with Crippen LogP contribution in [0.25, 0.3) is 0 Å². The van der Waals surface area contributed by atoms with Crippen LogP contribution in [0.1, 0.15) is 24.3 Å². The van der Waals surface area contributed by atoms with E-state index in [1.54, 1.807) is 30.6 Å². The Kier molecular flexibility index (Phi) is 4.29. The zero-order valence-electron chi connectivity index (χ0n) is 12.1. The van der Waals surface area contributed by atoms with Crippen LogP contribution in [0.2, 0.25) is 0 Å². The van der Waals surface area contributed by atoms with Crippen molar-refractivity contribution in [2.24, 2.45) is 5.73 Å². The minimum absolute atomic E-state index is 0.0366. The summed E-state index contributed by atoms with van der Waals surface area (Å²) in [7, 11) is 0. The van der Waals surface area contributed by atoms with Crippen molar-refractivity contribution in [2.45, 2.75) is 24.8 Å². The molecule has 1 aliphatic rings. The summed E-state index contributed by atoms with van der Waals surface area (Å²) in [6.45, 7) is 1.13. The van der Waals surface area contributed by atoms with Gasteiger partial charge in [-0.1, -0.05) is 12.1 Å². The van der Waals surface area contributed by atoms with Gasteiger partial charge in [0.15, 0.2) is 11.6 Å². The van der Waals surface area contributed by atoms with E-state index in [9.17, 15) is 8.78 Å². The number of nitrogens with zero attached hydrogens (tertiary/aromatic N) is 3. The Hall–Kier alpha value is -2.08. The van der Waals surface area contributed by atoms with Crippen molar-refractivity contribution in [1.82, 2.24) is 9.97 Å². The van der Waals surface area contributed by atoms with Crippen LogP contribution in [0.3, 0.4) is 0 Å².